The Balaban J connectivity index is 1.75. The van der Waals surface area contributed by atoms with Crippen LogP contribution in [0.15, 0.2) is 12.2 Å². The Hall–Kier alpha value is -0.260. The van der Waals surface area contributed by atoms with Crippen LogP contribution in [0, 0.1) is 16.7 Å². The minimum atomic E-state index is 0.543. The highest BCUT2D eigenvalue weighted by atomic mass is 14.5. The molecule has 2 aliphatic rings. The third-order valence-electron chi connectivity index (χ3n) is 2.88. The summed E-state index contributed by atoms with van der Waals surface area (Å²) in [5.74, 6) is 1.02. The second kappa shape index (κ2) is 1.91. The van der Waals surface area contributed by atoms with Gasteiger partial charge in [-0.25, -0.2) is 0 Å². The predicted octanol–water partition coefficient (Wildman–Crippen LogP) is 3.39. The fourth-order valence-corrected chi connectivity index (χ4v) is 2.42. The minimum absolute atomic E-state index is 0.543. The van der Waals surface area contributed by atoms with E-state index in [-0.39, 0.29) is 0 Å². The van der Waals surface area contributed by atoms with Gasteiger partial charge in [-0.2, -0.15) is 0 Å². The Morgan fingerprint density at radius 2 is 1.82 bits per heavy atom. The average Bonchev–Trinajstić information content (AvgIpc) is 2.38. The van der Waals surface area contributed by atoms with Gasteiger partial charge in [-0.3, -0.25) is 0 Å². The van der Waals surface area contributed by atoms with Crippen LogP contribution in [0.5, 0.6) is 0 Å². The van der Waals surface area contributed by atoms with E-state index in [1.807, 2.05) is 0 Å². The van der Waals surface area contributed by atoms with Crippen LogP contribution in [-0.2, 0) is 0 Å². The lowest BCUT2D eigenvalue weighted by molar-refractivity contribution is 0.136. The lowest BCUT2D eigenvalue weighted by Crippen LogP contribution is -2.29. The highest BCUT2D eigenvalue weighted by Crippen LogP contribution is 2.58. The molecule has 0 saturated heterocycles. The van der Waals surface area contributed by atoms with E-state index >= 15 is 0 Å². The van der Waals surface area contributed by atoms with Crippen molar-refractivity contribution in [2.45, 2.75) is 40.0 Å². The van der Waals surface area contributed by atoms with Crippen LogP contribution >= 0.6 is 0 Å². The summed E-state index contributed by atoms with van der Waals surface area (Å²) in [6, 6.07) is 0. The highest BCUT2D eigenvalue weighted by Gasteiger charge is 2.47. The third-order valence-corrected chi connectivity index (χ3v) is 2.88. The maximum absolute atomic E-state index is 2.38. The normalized spacial score (nSPS) is 27.2. The molecular weight excluding hydrogens is 132 g/mol. The first kappa shape index (κ1) is 7.39. The van der Waals surface area contributed by atoms with E-state index in [1.54, 1.807) is 0 Å². The molecule has 0 amide bonds. The van der Waals surface area contributed by atoms with Crippen LogP contribution in [0.4, 0.5) is 0 Å². The molecule has 0 atom stereocenters. The molecule has 0 aliphatic heterocycles. The summed E-state index contributed by atoms with van der Waals surface area (Å²) >= 11 is 0. The fraction of sp³-hybridized carbons (Fsp3) is 0.818. The number of rotatable bonds is 1. The summed E-state index contributed by atoms with van der Waals surface area (Å²) in [6.45, 7) is 7.04. The number of allylic oxidation sites excluding steroid dienone is 2. The molecular formula is C11H18. The van der Waals surface area contributed by atoms with E-state index in [2.05, 4.69) is 32.9 Å². The zero-order valence-electron chi connectivity index (χ0n) is 7.85. The van der Waals surface area contributed by atoms with Crippen LogP contribution < -0.4 is 0 Å². The first-order valence-corrected chi connectivity index (χ1v) is 4.70. The third kappa shape index (κ3) is 1.50. The highest BCUT2D eigenvalue weighted by molar-refractivity contribution is 5.30. The van der Waals surface area contributed by atoms with Crippen molar-refractivity contribution in [1.29, 1.82) is 0 Å². The van der Waals surface area contributed by atoms with E-state index in [0.717, 1.165) is 5.92 Å². The van der Waals surface area contributed by atoms with E-state index in [1.165, 1.54) is 19.3 Å². The van der Waals surface area contributed by atoms with Gasteiger partial charge in [0.05, 0.1) is 0 Å². The molecule has 1 spiro atoms. The second-order valence-corrected chi connectivity index (χ2v) is 5.61. The topological polar surface area (TPSA) is 0 Å². The van der Waals surface area contributed by atoms with Gasteiger partial charge < -0.3 is 0 Å². The second-order valence-electron chi connectivity index (χ2n) is 5.61. The Labute approximate surface area is 69.7 Å². The van der Waals surface area contributed by atoms with Crippen LogP contribution in [0.25, 0.3) is 0 Å². The van der Waals surface area contributed by atoms with Crippen LogP contribution in [0.1, 0.15) is 40.0 Å². The van der Waals surface area contributed by atoms with Gasteiger partial charge in [0.1, 0.15) is 0 Å². The van der Waals surface area contributed by atoms with Gasteiger partial charge in [0.2, 0.25) is 0 Å². The summed E-state index contributed by atoms with van der Waals surface area (Å²) in [5, 5.41) is 0. The van der Waals surface area contributed by atoms with Crippen molar-refractivity contribution in [3.05, 3.63) is 12.2 Å². The Morgan fingerprint density at radius 3 is 2.18 bits per heavy atom. The molecule has 2 rings (SSSR count). The summed E-state index contributed by atoms with van der Waals surface area (Å²) in [7, 11) is 0. The Morgan fingerprint density at radius 1 is 1.27 bits per heavy atom. The first-order valence-electron chi connectivity index (χ1n) is 4.70. The molecule has 0 unspecified atom stereocenters. The molecule has 0 bridgehead atoms. The molecule has 0 aromatic carbocycles. The molecule has 0 radical (unpaired) electrons. The maximum atomic E-state index is 2.38. The van der Waals surface area contributed by atoms with Crippen LogP contribution in [-0.4, -0.2) is 0 Å². The van der Waals surface area contributed by atoms with Gasteiger partial charge in [0.15, 0.2) is 0 Å². The van der Waals surface area contributed by atoms with Crippen molar-refractivity contribution >= 4 is 0 Å². The largest absolute Gasteiger partial charge is 0.0777 e. The summed E-state index contributed by atoms with van der Waals surface area (Å²) < 4.78 is 0. The average molecular weight is 150 g/mol. The predicted molar refractivity (Wildman–Crippen MR) is 48.4 cm³/mol. The van der Waals surface area contributed by atoms with Gasteiger partial charge in [0.25, 0.3) is 0 Å². The van der Waals surface area contributed by atoms with E-state index in [9.17, 15) is 0 Å². The summed E-state index contributed by atoms with van der Waals surface area (Å²) in [6.07, 6.45) is 9.07. The van der Waals surface area contributed by atoms with Gasteiger partial charge in [0, 0.05) is 5.41 Å². The van der Waals surface area contributed by atoms with Gasteiger partial charge >= 0.3 is 0 Å². The van der Waals surface area contributed by atoms with Crippen LogP contribution in [0.2, 0.25) is 0 Å². The fourth-order valence-electron chi connectivity index (χ4n) is 2.42. The molecule has 0 heterocycles. The smallest absolute Gasteiger partial charge is 0.00668 e. The first-order chi connectivity index (χ1) is 4.99. The molecule has 62 valence electrons. The summed E-state index contributed by atoms with van der Waals surface area (Å²) in [5.41, 5.74) is 1.21. The summed E-state index contributed by atoms with van der Waals surface area (Å²) in [4.78, 5) is 0. The standard InChI is InChI=1S/C11H18/c1-10(2,3)6-9-7-11(8-9)4-5-11/h4-5,9H,6-8H2,1-3H3. The monoisotopic (exact) mass is 150 g/mol. The van der Waals surface area contributed by atoms with Gasteiger partial charge in [-0.1, -0.05) is 32.9 Å². The molecule has 2 aliphatic carbocycles. The van der Waals surface area contributed by atoms with Crippen molar-refractivity contribution in [2.75, 3.05) is 0 Å². The molecule has 0 heteroatoms. The molecule has 0 aromatic rings. The molecule has 1 fully saturated rings. The molecule has 1 saturated carbocycles. The lowest BCUT2D eigenvalue weighted by atomic mass is 9.65. The lowest BCUT2D eigenvalue weighted by Gasteiger charge is -2.39. The van der Waals surface area contributed by atoms with Crippen molar-refractivity contribution in [3.8, 4) is 0 Å². The number of hydrogen-bond acceptors (Lipinski definition) is 0. The molecule has 11 heavy (non-hydrogen) atoms. The minimum Gasteiger partial charge on any atom is -0.0777 e. The Bertz CT molecular complexity index is 179. The van der Waals surface area contributed by atoms with Crippen LogP contribution in [0.3, 0.4) is 0 Å². The quantitative estimate of drug-likeness (QED) is 0.503. The zero-order chi connectivity index (χ0) is 8.11. The van der Waals surface area contributed by atoms with Crippen molar-refractivity contribution in [2.24, 2.45) is 16.7 Å². The van der Waals surface area contributed by atoms with Crippen molar-refractivity contribution in [3.63, 3.8) is 0 Å². The van der Waals surface area contributed by atoms with E-state index in [0.29, 0.717) is 10.8 Å². The van der Waals surface area contributed by atoms with E-state index in [4.69, 9.17) is 0 Å². The zero-order valence-corrected chi connectivity index (χ0v) is 7.85. The van der Waals surface area contributed by atoms with Crippen molar-refractivity contribution in [1.82, 2.24) is 0 Å². The molecule has 0 N–H and O–H groups in total. The molecule has 0 nitrogen and oxygen atoms in total. The Kier molecular flexibility index (Phi) is 1.28. The van der Waals surface area contributed by atoms with Gasteiger partial charge in [-0.05, 0) is 30.6 Å². The SMILES string of the molecule is CC(C)(C)CC1CC2(C=C2)C1. The number of hydrogen-bond donors (Lipinski definition) is 0. The molecule has 0 aromatic heterocycles. The van der Waals surface area contributed by atoms with E-state index < -0.39 is 0 Å². The van der Waals surface area contributed by atoms with Crippen molar-refractivity contribution < 1.29 is 0 Å². The van der Waals surface area contributed by atoms with Gasteiger partial charge in [-0.15, -0.1) is 0 Å². The maximum Gasteiger partial charge on any atom is 0.00668 e.